The highest BCUT2D eigenvalue weighted by Crippen LogP contribution is 2.19. The van der Waals surface area contributed by atoms with E-state index in [0.717, 1.165) is 19.6 Å². The summed E-state index contributed by atoms with van der Waals surface area (Å²) in [5.41, 5.74) is 0.565. The van der Waals surface area contributed by atoms with E-state index in [-0.39, 0.29) is 0 Å². The fourth-order valence-corrected chi connectivity index (χ4v) is 3.88. The summed E-state index contributed by atoms with van der Waals surface area (Å²) < 4.78 is 28.0. The van der Waals surface area contributed by atoms with Crippen LogP contribution in [-0.4, -0.2) is 60.1 Å². The Balaban J connectivity index is 2.20. The number of aryl methyl sites for hydroxylation is 2. The molecular weight excluding hydrogens is 252 g/mol. The monoisotopic (exact) mass is 272 g/mol. The summed E-state index contributed by atoms with van der Waals surface area (Å²) in [5, 5.41) is 4.10. The first-order valence-corrected chi connectivity index (χ1v) is 7.62. The van der Waals surface area contributed by atoms with Gasteiger partial charge in [0.25, 0.3) is 0 Å². The van der Waals surface area contributed by atoms with Crippen molar-refractivity contribution >= 4 is 10.0 Å². The maximum atomic E-state index is 12.5. The molecular formula is C11H20N4O2S. The van der Waals surface area contributed by atoms with E-state index < -0.39 is 10.0 Å². The van der Waals surface area contributed by atoms with Crippen molar-refractivity contribution in [3.8, 4) is 0 Å². The van der Waals surface area contributed by atoms with Gasteiger partial charge in [0.15, 0.2) is 0 Å². The summed E-state index contributed by atoms with van der Waals surface area (Å²) in [6.45, 7) is 7.52. The molecule has 0 amide bonds. The molecule has 0 N–H and O–H groups in total. The lowest BCUT2D eigenvalue weighted by Gasteiger charge is -2.33. The van der Waals surface area contributed by atoms with Crippen molar-refractivity contribution in [1.29, 1.82) is 0 Å². The highest BCUT2D eigenvalue weighted by Gasteiger charge is 2.30. The van der Waals surface area contributed by atoms with Crippen molar-refractivity contribution in [1.82, 2.24) is 19.0 Å². The van der Waals surface area contributed by atoms with Gasteiger partial charge in [-0.15, -0.1) is 0 Å². The van der Waals surface area contributed by atoms with Crippen LogP contribution in [0.1, 0.15) is 12.6 Å². The minimum Gasteiger partial charge on any atom is -0.301 e. The molecule has 1 fully saturated rings. The van der Waals surface area contributed by atoms with E-state index in [1.165, 1.54) is 0 Å². The second-order valence-electron chi connectivity index (χ2n) is 4.59. The van der Waals surface area contributed by atoms with Crippen LogP contribution < -0.4 is 0 Å². The van der Waals surface area contributed by atoms with Crippen LogP contribution in [-0.2, 0) is 17.1 Å². The van der Waals surface area contributed by atoms with E-state index in [9.17, 15) is 8.42 Å². The molecule has 0 atom stereocenters. The van der Waals surface area contributed by atoms with E-state index in [1.54, 1.807) is 29.2 Å². The van der Waals surface area contributed by atoms with Gasteiger partial charge in [0.05, 0.1) is 5.69 Å². The van der Waals surface area contributed by atoms with Crippen molar-refractivity contribution in [3.63, 3.8) is 0 Å². The minimum atomic E-state index is -3.38. The van der Waals surface area contributed by atoms with Gasteiger partial charge in [0.1, 0.15) is 4.90 Å². The van der Waals surface area contributed by atoms with Gasteiger partial charge in [-0.3, -0.25) is 4.68 Å². The molecule has 0 spiro atoms. The molecule has 1 aliphatic heterocycles. The number of hydrogen-bond acceptors (Lipinski definition) is 4. The first kappa shape index (κ1) is 13.5. The minimum absolute atomic E-state index is 0.329. The number of hydrogen-bond donors (Lipinski definition) is 0. The lowest BCUT2D eigenvalue weighted by atomic mass is 10.4. The maximum absolute atomic E-state index is 12.5. The van der Waals surface area contributed by atoms with Crippen LogP contribution in [0.4, 0.5) is 0 Å². The van der Waals surface area contributed by atoms with Crippen molar-refractivity contribution in [3.05, 3.63) is 11.9 Å². The van der Waals surface area contributed by atoms with E-state index in [2.05, 4.69) is 16.9 Å². The molecule has 7 heteroatoms. The number of piperazine rings is 1. The van der Waals surface area contributed by atoms with Gasteiger partial charge in [-0.05, 0) is 13.5 Å². The molecule has 0 aliphatic carbocycles. The lowest BCUT2D eigenvalue weighted by Crippen LogP contribution is -2.48. The molecule has 2 rings (SSSR count). The van der Waals surface area contributed by atoms with E-state index >= 15 is 0 Å². The summed E-state index contributed by atoms with van der Waals surface area (Å²) in [6, 6.07) is 0. The Hall–Kier alpha value is -0.920. The number of aromatic nitrogens is 2. The number of sulfonamides is 1. The Bertz CT molecular complexity index is 515. The first-order chi connectivity index (χ1) is 8.45. The van der Waals surface area contributed by atoms with Gasteiger partial charge in [0, 0.05) is 39.4 Å². The molecule has 1 saturated heterocycles. The van der Waals surface area contributed by atoms with Crippen molar-refractivity contribution in [2.45, 2.75) is 18.7 Å². The molecule has 18 heavy (non-hydrogen) atoms. The Morgan fingerprint density at radius 3 is 2.33 bits per heavy atom. The lowest BCUT2D eigenvalue weighted by molar-refractivity contribution is 0.196. The predicted molar refractivity (Wildman–Crippen MR) is 68.8 cm³/mol. The number of rotatable bonds is 3. The molecule has 1 aliphatic rings. The zero-order chi connectivity index (χ0) is 13.3. The molecule has 6 nitrogen and oxygen atoms in total. The van der Waals surface area contributed by atoms with Crippen molar-refractivity contribution < 1.29 is 8.42 Å². The van der Waals surface area contributed by atoms with Gasteiger partial charge >= 0.3 is 0 Å². The maximum Gasteiger partial charge on any atom is 0.246 e. The fraction of sp³-hybridized carbons (Fsp3) is 0.727. The average Bonchev–Trinajstić information content (AvgIpc) is 2.69. The molecule has 0 bridgehead atoms. The summed E-state index contributed by atoms with van der Waals surface area (Å²) >= 11 is 0. The molecule has 0 saturated carbocycles. The molecule has 102 valence electrons. The predicted octanol–water partition coefficient (Wildman–Crippen LogP) is 0.0547. The van der Waals surface area contributed by atoms with Crippen LogP contribution >= 0.6 is 0 Å². The average molecular weight is 272 g/mol. The van der Waals surface area contributed by atoms with Gasteiger partial charge in [0.2, 0.25) is 10.0 Å². The van der Waals surface area contributed by atoms with Crippen molar-refractivity contribution in [2.24, 2.45) is 7.05 Å². The fourth-order valence-electron chi connectivity index (χ4n) is 2.26. The number of nitrogens with zero attached hydrogens (tertiary/aromatic N) is 4. The van der Waals surface area contributed by atoms with Gasteiger partial charge in [-0.2, -0.15) is 9.40 Å². The van der Waals surface area contributed by atoms with Gasteiger partial charge in [-0.1, -0.05) is 6.92 Å². The zero-order valence-corrected chi connectivity index (χ0v) is 11.9. The quantitative estimate of drug-likeness (QED) is 0.780. The number of likely N-dealkylation sites (N-methyl/N-ethyl adjacent to an activating group) is 1. The molecule has 1 aromatic rings. The van der Waals surface area contributed by atoms with Gasteiger partial charge in [-0.25, -0.2) is 8.42 Å². The van der Waals surface area contributed by atoms with E-state index in [0.29, 0.717) is 23.7 Å². The summed E-state index contributed by atoms with van der Waals surface area (Å²) in [5.74, 6) is 0. The second-order valence-corrected chi connectivity index (χ2v) is 6.50. The molecule has 0 unspecified atom stereocenters. The molecule has 0 aromatic carbocycles. The highest BCUT2D eigenvalue weighted by atomic mass is 32.2. The van der Waals surface area contributed by atoms with Crippen LogP contribution in [0.5, 0.6) is 0 Å². The Morgan fingerprint density at radius 2 is 1.89 bits per heavy atom. The third-order valence-electron chi connectivity index (χ3n) is 3.36. The van der Waals surface area contributed by atoms with Crippen LogP contribution in [0.3, 0.4) is 0 Å². The third-order valence-corrected chi connectivity index (χ3v) is 5.37. The highest BCUT2D eigenvalue weighted by molar-refractivity contribution is 7.89. The Labute approximate surface area is 108 Å². The van der Waals surface area contributed by atoms with Crippen LogP contribution in [0.2, 0.25) is 0 Å². The summed E-state index contributed by atoms with van der Waals surface area (Å²) in [6.07, 6.45) is 1.58. The summed E-state index contributed by atoms with van der Waals surface area (Å²) in [4.78, 5) is 2.58. The van der Waals surface area contributed by atoms with Gasteiger partial charge < -0.3 is 4.90 Å². The summed E-state index contributed by atoms with van der Waals surface area (Å²) in [7, 11) is -1.64. The van der Waals surface area contributed by atoms with Crippen LogP contribution in [0.25, 0.3) is 0 Å². The SMILES string of the molecule is CCN1CCN(S(=O)(=O)c2cn(C)nc2C)CC1. The molecule has 0 radical (unpaired) electrons. The third kappa shape index (κ3) is 2.43. The van der Waals surface area contributed by atoms with Crippen LogP contribution in [0.15, 0.2) is 11.1 Å². The zero-order valence-electron chi connectivity index (χ0n) is 11.1. The molecule has 2 heterocycles. The topological polar surface area (TPSA) is 58.4 Å². The van der Waals surface area contributed by atoms with Crippen molar-refractivity contribution in [2.75, 3.05) is 32.7 Å². The normalized spacial score (nSPS) is 19.3. The van der Waals surface area contributed by atoms with Crippen LogP contribution in [0, 0.1) is 6.92 Å². The molecule has 1 aromatic heterocycles. The van der Waals surface area contributed by atoms with E-state index in [1.807, 2.05) is 0 Å². The largest absolute Gasteiger partial charge is 0.301 e. The Morgan fingerprint density at radius 1 is 1.28 bits per heavy atom. The first-order valence-electron chi connectivity index (χ1n) is 6.18. The van der Waals surface area contributed by atoms with E-state index in [4.69, 9.17) is 0 Å². The smallest absolute Gasteiger partial charge is 0.246 e. The standard InChI is InChI=1S/C11H20N4O2S/c1-4-14-5-7-15(8-6-14)18(16,17)11-9-13(3)12-10(11)2/h9H,4-8H2,1-3H3. The second kappa shape index (κ2) is 4.99. The Kier molecular flexibility index (Phi) is 3.74.